The van der Waals surface area contributed by atoms with Gasteiger partial charge in [0, 0.05) is 44.3 Å². The summed E-state index contributed by atoms with van der Waals surface area (Å²) in [5.74, 6) is 0.286. The summed E-state index contributed by atoms with van der Waals surface area (Å²) in [6.07, 6.45) is 1.63. The average molecular weight is 482 g/mol. The second kappa shape index (κ2) is 8.93. The number of fused-ring (bicyclic) bond motifs is 1. The van der Waals surface area contributed by atoms with E-state index in [0.29, 0.717) is 65.0 Å². The molecule has 168 valence electrons. The summed E-state index contributed by atoms with van der Waals surface area (Å²) >= 11 is 7.23. The van der Waals surface area contributed by atoms with Crippen LogP contribution in [0.2, 0.25) is 5.02 Å². The Kier molecular flexibility index (Phi) is 5.84. The van der Waals surface area contributed by atoms with E-state index in [1.165, 1.54) is 11.3 Å². The molecular weight excluding hydrogens is 462 g/mol. The molecule has 1 aliphatic heterocycles. The van der Waals surface area contributed by atoms with Crippen molar-refractivity contribution in [3.05, 3.63) is 74.5 Å². The molecule has 3 aromatic heterocycles. The number of thiophene rings is 1. The predicted molar refractivity (Wildman–Crippen MR) is 128 cm³/mol. The molecule has 1 aliphatic rings. The Morgan fingerprint density at radius 2 is 2.00 bits per heavy atom. The number of carbonyl (C=O) groups excluding carboxylic acids is 1. The van der Waals surface area contributed by atoms with Crippen LogP contribution in [0.5, 0.6) is 5.75 Å². The highest BCUT2D eigenvalue weighted by atomic mass is 35.5. The molecule has 0 spiro atoms. The number of hydrogen-bond donors (Lipinski definition) is 2. The van der Waals surface area contributed by atoms with Gasteiger partial charge in [-0.2, -0.15) is 0 Å². The number of H-pyrrole nitrogens is 1. The van der Waals surface area contributed by atoms with Crippen LogP contribution in [0.1, 0.15) is 15.9 Å². The summed E-state index contributed by atoms with van der Waals surface area (Å²) in [5.41, 5.74) is 2.13. The van der Waals surface area contributed by atoms with Gasteiger partial charge < -0.3 is 15.0 Å². The monoisotopic (exact) mass is 481 g/mol. The third-order valence-electron chi connectivity index (χ3n) is 5.64. The lowest BCUT2D eigenvalue weighted by molar-refractivity contribution is 0.0630. The lowest BCUT2D eigenvalue weighted by Gasteiger charge is -2.34. The van der Waals surface area contributed by atoms with E-state index >= 15 is 0 Å². The van der Waals surface area contributed by atoms with Crippen LogP contribution in [-0.4, -0.2) is 61.9 Å². The second-order valence-corrected chi connectivity index (χ2v) is 9.10. The molecule has 0 aliphatic carbocycles. The number of amides is 1. The minimum absolute atomic E-state index is 0.0671. The van der Waals surface area contributed by atoms with Crippen molar-refractivity contribution in [1.82, 2.24) is 24.8 Å². The normalized spacial score (nSPS) is 14.6. The van der Waals surface area contributed by atoms with E-state index in [-0.39, 0.29) is 17.2 Å². The maximum Gasteiger partial charge on any atom is 0.269 e. The molecule has 1 aromatic carbocycles. The van der Waals surface area contributed by atoms with Gasteiger partial charge in [-0.3, -0.25) is 19.5 Å². The maximum atomic E-state index is 13.3. The molecule has 0 unspecified atom stereocenters. The molecule has 4 aromatic rings. The van der Waals surface area contributed by atoms with Crippen LogP contribution < -0.4 is 5.56 Å². The Balaban J connectivity index is 1.33. The molecule has 8 nitrogen and oxygen atoms in total. The van der Waals surface area contributed by atoms with Crippen molar-refractivity contribution < 1.29 is 9.90 Å². The highest BCUT2D eigenvalue weighted by Gasteiger charge is 2.26. The molecule has 0 saturated carbocycles. The molecule has 2 N–H and O–H groups in total. The lowest BCUT2D eigenvalue weighted by Crippen LogP contribution is -2.48. The molecule has 10 heteroatoms. The van der Waals surface area contributed by atoms with Gasteiger partial charge in [0.1, 0.15) is 21.7 Å². The Morgan fingerprint density at radius 1 is 1.18 bits per heavy atom. The van der Waals surface area contributed by atoms with Crippen LogP contribution in [0.4, 0.5) is 0 Å². The zero-order valence-electron chi connectivity index (χ0n) is 17.5. The maximum absolute atomic E-state index is 13.3. The van der Waals surface area contributed by atoms with Crippen LogP contribution in [-0.2, 0) is 6.54 Å². The van der Waals surface area contributed by atoms with Gasteiger partial charge >= 0.3 is 0 Å². The fourth-order valence-corrected chi connectivity index (χ4v) is 4.97. The van der Waals surface area contributed by atoms with Crippen LogP contribution in [0.3, 0.4) is 0 Å². The zero-order chi connectivity index (χ0) is 22.9. The van der Waals surface area contributed by atoms with Crippen molar-refractivity contribution in [1.29, 1.82) is 0 Å². The van der Waals surface area contributed by atoms with Crippen LogP contribution in [0.15, 0.2) is 52.8 Å². The van der Waals surface area contributed by atoms with Crippen molar-refractivity contribution in [2.75, 3.05) is 26.2 Å². The number of aromatic amines is 1. The van der Waals surface area contributed by atoms with Gasteiger partial charge in [-0.15, -0.1) is 11.3 Å². The number of benzene rings is 1. The van der Waals surface area contributed by atoms with E-state index in [0.717, 1.165) is 5.56 Å². The molecule has 33 heavy (non-hydrogen) atoms. The van der Waals surface area contributed by atoms with Crippen molar-refractivity contribution >= 4 is 39.1 Å². The average Bonchev–Trinajstić information content (AvgIpc) is 3.27. The minimum Gasteiger partial charge on any atom is -0.506 e. The number of nitrogens with one attached hydrogen (secondary N) is 1. The van der Waals surface area contributed by atoms with Gasteiger partial charge in [0.2, 0.25) is 0 Å². The summed E-state index contributed by atoms with van der Waals surface area (Å²) in [5, 5.41) is 11.6. The highest BCUT2D eigenvalue weighted by Crippen LogP contribution is 2.26. The third kappa shape index (κ3) is 4.35. The van der Waals surface area contributed by atoms with Crippen molar-refractivity contribution in [3.8, 4) is 17.3 Å². The molecular formula is C23H20ClN5O3S. The summed E-state index contributed by atoms with van der Waals surface area (Å²) < 4.78 is 0.431. The van der Waals surface area contributed by atoms with Gasteiger partial charge in [0.15, 0.2) is 5.82 Å². The molecule has 0 radical (unpaired) electrons. The zero-order valence-corrected chi connectivity index (χ0v) is 19.1. The van der Waals surface area contributed by atoms with Gasteiger partial charge in [-0.1, -0.05) is 23.7 Å². The van der Waals surface area contributed by atoms with Crippen LogP contribution in [0, 0.1) is 0 Å². The highest BCUT2D eigenvalue weighted by molar-refractivity contribution is 7.17. The number of phenolic OH excluding ortho intramolecular Hbond substituents is 1. The number of piperazine rings is 1. The standard InChI is InChI=1S/C23H20ClN5O3S/c24-16-11-14(4-5-18(16)30)12-28-7-9-29(10-8-28)23(32)15-13-33-20-19(15)26-21(27-22(20)31)17-3-1-2-6-25-17/h1-6,11,13,30H,7-10,12H2,(H,26,27,31). The molecule has 0 bridgehead atoms. The van der Waals surface area contributed by atoms with Crippen LogP contribution >= 0.6 is 22.9 Å². The first kappa shape index (κ1) is 21.6. The fraction of sp³-hybridized carbons (Fsp3) is 0.217. The van der Waals surface area contributed by atoms with E-state index in [4.69, 9.17) is 11.6 Å². The first-order valence-corrected chi connectivity index (χ1v) is 11.7. The lowest BCUT2D eigenvalue weighted by atomic mass is 10.1. The first-order valence-electron chi connectivity index (χ1n) is 10.4. The quantitative estimate of drug-likeness (QED) is 0.463. The van der Waals surface area contributed by atoms with Crippen molar-refractivity contribution in [2.45, 2.75) is 6.54 Å². The Hall–Kier alpha value is -3.27. The Bertz CT molecular complexity index is 1380. The number of pyridine rings is 1. The number of phenols is 1. The molecule has 1 amide bonds. The van der Waals surface area contributed by atoms with Gasteiger partial charge in [0.05, 0.1) is 10.6 Å². The van der Waals surface area contributed by atoms with Crippen molar-refractivity contribution in [3.63, 3.8) is 0 Å². The molecule has 5 rings (SSSR count). The molecule has 1 fully saturated rings. The predicted octanol–water partition coefficient (Wildman–Crippen LogP) is 3.36. The number of rotatable bonds is 4. The van der Waals surface area contributed by atoms with E-state index in [1.54, 1.807) is 40.7 Å². The third-order valence-corrected chi connectivity index (χ3v) is 6.91. The van der Waals surface area contributed by atoms with Crippen molar-refractivity contribution in [2.24, 2.45) is 0 Å². The molecule has 1 saturated heterocycles. The van der Waals surface area contributed by atoms with Gasteiger partial charge in [0.25, 0.3) is 11.5 Å². The molecule has 0 atom stereocenters. The smallest absolute Gasteiger partial charge is 0.269 e. The number of aromatic hydroxyl groups is 1. The molecule has 4 heterocycles. The number of hydrogen-bond acceptors (Lipinski definition) is 7. The Morgan fingerprint density at radius 3 is 2.73 bits per heavy atom. The SMILES string of the molecule is O=C(c1csc2c(=O)[nH]c(-c3ccccn3)nc12)N1CCN(Cc2ccc(O)c(Cl)c2)CC1. The summed E-state index contributed by atoms with van der Waals surface area (Å²) in [7, 11) is 0. The number of carbonyl (C=O) groups is 1. The Labute approximate surface area is 198 Å². The summed E-state index contributed by atoms with van der Waals surface area (Å²) in [4.78, 5) is 41.5. The number of aromatic nitrogens is 3. The number of halogens is 1. The van der Waals surface area contributed by atoms with Gasteiger partial charge in [-0.25, -0.2) is 4.98 Å². The van der Waals surface area contributed by atoms with E-state index in [2.05, 4.69) is 19.9 Å². The number of nitrogens with zero attached hydrogens (tertiary/aromatic N) is 4. The first-order chi connectivity index (χ1) is 16.0. The summed E-state index contributed by atoms with van der Waals surface area (Å²) in [6.45, 7) is 3.24. The van der Waals surface area contributed by atoms with E-state index in [9.17, 15) is 14.7 Å². The van der Waals surface area contributed by atoms with E-state index < -0.39 is 0 Å². The minimum atomic E-state index is -0.276. The van der Waals surface area contributed by atoms with Crippen LogP contribution in [0.25, 0.3) is 21.7 Å². The fourth-order valence-electron chi connectivity index (χ4n) is 3.89. The van der Waals surface area contributed by atoms with Gasteiger partial charge in [-0.05, 0) is 29.8 Å². The topological polar surface area (TPSA) is 102 Å². The largest absolute Gasteiger partial charge is 0.506 e. The van der Waals surface area contributed by atoms with E-state index in [1.807, 2.05) is 12.1 Å². The summed E-state index contributed by atoms with van der Waals surface area (Å²) in [6, 6.07) is 10.6. The second-order valence-electron chi connectivity index (χ2n) is 7.81.